The van der Waals surface area contributed by atoms with Crippen molar-refractivity contribution in [2.24, 2.45) is 5.92 Å². The van der Waals surface area contributed by atoms with Crippen molar-refractivity contribution >= 4 is 16.8 Å². The van der Waals surface area contributed by atoms with Gasteiger partial charge in [-0.05, 0) is 48.4 Å². The number of benzene rings is 3. The SMILES string of the molecule is O=C(N[C@H](Cc1c[nH]c2ccccc12)c1nnc(CCc2ccccc2)n1CCc1ccccc1)C1CCOCC1. The molecule has 0 radical (unpaired) electrons. The zero-order valence-electron chi connectivity index (χ0n) is 23.3. The Kier molecular flexibility index (Phi) is 8.52. The summed E-state index contributed by atoms with van der Waals surface area (Å²) >= 11 is 0. The maximum Gasteiger partial charge on any atom is 0.223 e. The van der Waals surface area contributed by atoms with Gasteiger partial charge in [-0.25, -0.2) is 0 Å². The van der Waals surface area contributed by atoms with E-state index >= 15 is 0 Å². The molecule has 0 unspecified atom stereocenters. The number of hydrogen-bond acceptors (Lipinski definition) is 4. The Bertz CT molecular complexity index is 1550. The Morgan fingerprint density at radius 3 is 2.32 bits per heavy atom. The van der Waals surface area contributed by atoms with Crippen LogP contribution in [0.4, 0.5) is 0 Å². The highest BCUT2D eigenvalue weighted by Gasteiger charge is 2.28. The Balaban J connectivity index is 1.33. The number of hydrogen-bond donors (Lipinski definition) is 2. The number of aromatic nitrogens is 4. The molecule has 41 heavy (non-hydrogen) atoms. The molecular formula is C34H37N5O2. The van der Waals surface area contributed by atoms with Crippen LogP contribution in [0.2, 0.25) is 0 Å². The van der Waals surface area contributed by atoms with Crippen LogP contribution in [0.1, 0.15) is 47.2 Å². The average Bonchev–Trinajstić information content (AvgIpc) is 3.64. The molecule has 7 heteroatoms. The van der Waals surface area contributed by atoms with Crippen LogP contribution in [0.3, 0.4) is 0 Å². The second-order valence-corrected chi connectivity index (χ2v) is 10.9. The number of para-hydroxylation sites is 1. The fourth-order valence-corrected chi connectivity index (χ4v) is 5.80. The molecular weight excluding hydrogens is 510 g/mol. The number of aryl methyl sites for hydroxylation is 3. The van der Waals surface area contributed by atoms with Gasteiger partial charge in [0.1, 0.15) is 5.82 Å². The van der Waals surface area contributed by atoms with Crippen LogP contribution in [0.15, 0.2) is 91.1 Å². The molecule has 7 nitrogen and oxygen atoms in total. The van der Waals surface area contributed by atoms with Crippen molar-refractivity contribution in [1.82, 2.24) is 25.1 Å². The minimum Gasteiger partial charge on any atom is -0.381 e. The molecule has 5 aromatic rings. The molecule has 0 saturated carbocycles. The molecule has 2 N–H and O–H groups in total. The van der Waals surface area contributed by atoms with Crippen LogP contribution in [-0.4, -0.2) is 38.9 Å². The number of carbonyl (C=O) groups excluding carboxylic acids is 1. The number of carbonyl (C=O) groups is 1. The third-order valence-corrected chi connectivity index (χ3v) is 8.12. The Hall–Kier alpha value is -4.23. The summed E-state index contributed by atoms with van der Waals surface area (Å²) < 4.78 is 7.77. The molecule has 1 aliphatic rings. The van der Waals surface area contributed by atoms with E-state index in [2.05, 4.69) is 87.8 Å². The lowest BCUT2D eigenvalue weighted by Crippen LogP contribution is -2.38. The first-order chi connectivity index (χ1) is 20.2. The summed E-state index contributed by atoms with van der Waals surface area (Å²) in [5.41, 5.74) is 4.78. The van der Waals surface area contributed by atoms with Crippen LogP contribution >= 0.6 is 0 Å². The van der Waals surface area contributed by atoms with E-state index in [1.54, 1.807) is 0 Å². The Morgan fingerprint density at radius 2 is 1.56 bits per heavy atom. The largest absolute Gasteiger partial charge is 0.381 e. The fourth-order valence-electron chi connectivity index (χ4n) is 5.80. The van der Waals surface area contributed by atoms with Crippen LogP contribution in [0, 0.1) is 5.92 Å². The van der Waals surface area contributed by atoms with E-state index < -0.39 is 0 Å². The summed E-state index contributed by atoms with van der Waals surface area (Å²) in [6.45, 7) is 2.00. The molecule has 1 atom stereocenters. The highest BCUT2D eigenvalue weighted by molar-refractivity contribution is 5.83. The maximum atomic E-state index is 13.6. The summed E-state index contributed by atoms with van der Waals surface area (Å²) in [4.78, 5) is 16.9. The van der Waals surface area contributed by atoms with Gasteiger partial charge in [-0.15, -0.1) is 10.2 Å². The number of nitrogens with one attached hydrogen (secondary N) is 2. The van der Waals surface area contributed by atoms with Gasteiger partial charge in [-0.1, -0.05) is 78.9 Å². The van der Waals surface area contributed by atoms with Crippen molar-refractivity contribution in [3.8, 4) is 0 Å². The van der Waals surface area contributed by atoms with Crippen LogP contribution in [0.5, 0.6) is 0 Å². The fraction of sp³-hybridized carbons (Fsp3) is 0.324. The van der Waals surface area contributed by atoms with Crippen molar-refractivity contribution in [3.05, 3.63) is 119 Å². The molecule has 1 saturated heterocycles. The van der Waals surface area contributed by atoms with Gasteiger partial charge in [0.25, 0.3) is 0 Å². The standard InChI is InChI=1S/C34H37N5O2/c40-34(27-18-21-41-22-19-27)36-31(23-28-24-35-30-14-8-7-13-29(28)30)33-38-37-32(16-15-25-9-3-1-4-10-25)39(33)20-17-26-11-5-2-6-12-26/h1-14,24,27,31,35H,15-23H2,(H,36,40)/t31-/m1/s1. The van der Waals surface area contributed by atoms with Gasteiger partial charge >= 0.3 is 0 Å². The number of rotatable bonds is 11. The molecule has 1 fully saturated rings. The van der Waals surface area contributed by atoms with E-state index in [9.17, 15) is 4.79 Å². The van der Waals surface area contributed by atoms with Crippen molar-refractivity contribution in [2.45, 2.75) is 51.1 Å². The molecule has 1 aliphatic heterocycles. The van der Waals surface area contributed by atoms with Crippen LogP contribution in [0.25, 0.3) is 10.9 Å². The molecule has 2 aromatic heterocycles. The first-order valence-corrected chi connectivity index (χ1v) is 14.7. The summed E-state index contributed by atoms with van der Waals surface area (Å²) in [7, 11) is 0. The predicted octanol–water partition coefficient (Wildman–Crippen LogP) is 5.61. The lowest BCUT2D eigenvalue weighted by atomic mass is 9.97. The molecule has 6 rings (SSSR count). The van der Waals surface area contributed by atoms with Crippen molar-refractivity contribution < 1.29 is 9.53 Å². The van der Waals surface area contributed by atoms with E-state index in [1.807, 2.05) is 18.2 Å². The van der Waals surface area contributed by atoms with E-state index in [1.165, 1.54) is 11.1 Å². The molecule has 0 bridgehead atoms. The van der Waals surface area contributed by atoms with Crippen LogP contribution < -0.4 is 5.32 Å². The monoisotopic (exact) mass is 547 g/mol. The van der Waals surface area contributed by atoms with Gasteiger partial charge in [0.2, 0.25) is 5.91 Å². The molecule has 3 heterocycles. The van der Waals surface area contributed by atoms with Gasteiger partial charge in [0.05, 0.1) is 6.04 Å². The number of H-pyrrole nitrogens is 1. The highest BCUT2D eigenvalue weighted by atomic mass is 16.5. The van der Waals surface area contributed by atoms with Gasteiger partial charge in [0.15, 0.2) is 5.82 Å². The number of aromatic amines is 1. The first-order valence-electron chi connectivity index (χ1n) is 14.7. The number of fused-ring (bicyclic) bond motifs is 1. The topological polar surface area (TPSA) is 84.8 Å². The lowest BCUT2D eigenvalue weighted by Gasteiger charge is -2.25. The van der Waals surface area contributed by atoms with Crippen molar-refractivity contribution in [1.29, 1.82) is 0 Å². The van der Waals surface area contributed by atoms with E-state index in [4.69, 9.17) is 14.9 Å². The third-order valence-electron chi connectivity index (χ3n) is 8.12. The minimum atomic E-state index is -0.307. The normalized spacial score (nSPS) is 14.7. The number of amides is 1. The zero-order valence-corrected chi connectivity index (χ0v) is 23.3. The van der Waals surface area contributed by atoms with Crippen LogP contribution in [-0.2, 0) is 41.8 Å². The minimum absolute atomic E-state index is 0.0486. The molecule has 210 valence electrons. The summed E-state index contributed by atoms with van der Waals surface area (Å²) in [5, 5.41) is 14.0. The number of nitrogens with zero attached hydrogens (tertiary/aromatic N) is 3. The average molecular weight is 548 g/mol. The summed E-state index contributed by atoms with van der Waals surface area (Å²) in [5.74, 6) is 1.78. The van der Waals surface area contributed by atoms with E-state index in [-0.39, 0.29) is 17.9 Å². The van der Waals surface area contributed by atoms with E-state index in [0.29, 0.717) is 19.6 Å². The van der Waals surface area contributed by atoms with E-state index in [0.717, 1.165) is 66.8 Å². The smallest absolute Gasteiger partial charge is 0.223 e. The highest BCUT2D eigenvalue weighted by Crippen LogP contribution is 2.26. The second-order valence-electron chi connectivity index (χ2n) is 10.9. The van der Waals surface area contributed by atoms with Gasteiger partial charge in [-0.3, -0.25) is 4.79 Å². The Labute approximate surface area is 241 Å². The summed E-state index contributed by atoms with van der Waals surface area (Å²) in [6, 6.07) is 29.0. The predicted molar refractivity (Wildman–Crippen MR) is 160 cm³/mol. The molecule has 0 spiro atoms. The molecule has 0 aliphatic carbocycles. The number of ether oxygens (including phenoxy) is 1. The zero-order chi connectivity index (χ0) is 27.9. The van der Waals surface area contributed by atoms with Gasteiger partial charge in [0, 0.05) is 55.6 Å². The van der Waals surface area contributed by atoms with Gasteiger partial charge < -0.3 is 19.6 Å². The second kappa shape index (κ2) is 13.0. The quantitative estimate of drug-likeness (QED) is 0.225. The first kappa shape index (κ1) is 27.0. The summed E-state index contributed by atoms with van der Waals surface area (Å²) in [6.07, 6.45) is 6.69. The van der Waals surface area contributed by atoms with Gasteiger partial charge in [-0.2, -0.15) is 0 Å². The van der Waals surface area contributed by atoms with Crippen molar-refractivity contribution in [2.75, 3.05) is 13.2 Å². The van der Waals surface area contributed by atoms with Crippen molar-refractivity contribution in [3.63, 3.8) is 0 Å². The molecule has 1 amide bonds. The molecule has 3 aromatic carbocycles. The Morgan fingerprint density at radius 1 is 0.878 bits per heavy atom. The lowest BCUT2D eigenvalue weighted by molar-refractivity contribution is -0.128. The third kappa shape index (κ3) is 6.57. The maximum absolute atomic E-state index is 13.6.